The van der Waals surface area contributed by atoms with Crippen molar-refractivity contribution in [1.82, 2.24) is 5.32 Å². The first-order chi connectivity index (χ1) is 7.33. The second kappa shape index (κ2) is 4.86. The van der Waals surface area contributed by atoms with Gasteiger partial charge in [0.15, 0.2) is 0 Å². The molecule has 0 bridgehead atoms. The van der Waals surface area contributed by atoms with Crippen LogP contribution in [0, 0.1) is 0 Å². The molecule has 1 atom stereocenters. The highest BCUT2D eigenvalue weighted by Crippen LogP contribution is 2.28. The molecule has 1 N–H and O–H groups in total. The van der Waals surface area contributed by atoms with Gasteiger partial charge >= 0.3 is 0 Å². The highest BCUT2D eigenvalue weighted by Gasteiger charge is 2.21. The van der Waals surface area contributed by atoms with Gasteiger partial charge in [-0.25, -0.2) is 0 Å². The smallest absolute Gasteiger partial charge is 0.0639 e. The Kier molecular flexibility index (Phi) is 3.49. The predicted molar refractivity (Wildman–Crippen MR) is 65.7 cm³/mol. The Labute approximate surface area is 96.2 Å². The second-order valence-electron chi connectivity index (χ2n) is 3.91. The quantitative estimate of drug-likeness (QED) is 0.831. The molecule has 15 heavy (non-hydrogen) atoms. The Morgan fingerprint density at radius 1 is 1.47 bits per heavy atom. The van der Waals surface area contributed by atoms with E-state index in [1.165, 1.54) is 5.69 Å². The van der Waals surface area contributed by atoms with Crippen molar-refractivity contribution in [2.45, 2.75) is 19.4 Å². The number of anilines is 1. The van der Waals surface area contributed by atoms with Gasteiger partial charge in [0, 0.05) is 25.7 Å². The van der Waals surface area contributed by atoms with E-state index in [4.69, 9.17) is 11.6 Å². The molecule has 1 aliphatic rings. The third-order valence-corrected chi connectivity index (χ3v) is 3.30. The number of nitrogens with zero attached hydrogens (tertiary/aromatic N) is 1. The molecule has 0 saturated carbocycles. The van der Waals surface area contributed by atoms with Gasteiger partial charge in [-0.15, -0.1) is 0 Å². The molecule has 0 amide bonds. The van der Waals surface area contributed by atoms with E-state index in [-0.39, 0.29) is 0 Å². The fraction of sp³-hybridized carbons (Fsp3) is 0.500. The van der Waals surface area contributed by atoms with Crippen LogP contribution in [0.5, 0.6) is 0 Å². The summed E-state index contributed by atoms with van der Waals surface area (Å²) in [5.41, 5.74) is 1.17. The first kappa shape index (κ1) is 10.8. The molecule has 0 radical (unpaired) electrons. The van der Waals surface area contributed by atoms with Crippen molar-refractivity contribution in [3.63, 3.8) is 0 Å². The SMILES string of the molecule is CCC1CNCCN1c1ccccc1Cl. The average Bonchev–Trinajstić information content (AvgIpc) is 2.30. The van der Waals surface area contributed by atoms with Gasteiger partial charge in [-0.3, -0.25) is 0 Å². The van der Waals surface area contributed by atoms with Gasteiger partial charge in [-0.1, -0.05) is 30.7 Å². The third kappa shape index (κ3) is 2.27. The number of piperazine rings is 1. The Morgan fingerprint density at radius 3 is 3.00 bits per heavy atom. The Morgan fingerprint density at radius 2 is 2.27 bits per heavy atom. The monoisotopic (exact) mass is 224 g/mol. The number of halogens is 1. The zero-order chi connectivity index (χ0) is 10.7. The first-order valence-corrected chi connectivity index (χ1v) is 5.92. The van der Waals surface area contributed by atoms with Crippen molar-refractivity contribution >= 4 is 17.3 Å². The van der Waals surface area contributed by atoms with Crippen molar-refractivity contribution in [2.24, 2.45) is 0 Å². The van der Waals surface area contributed by atoms with Gasteiger partial charge in [-0.2, -0.15) is 0 Å². The number of rotatable bonds is 2. The van der Waals surface area contributed by atoms with Crippen LogP contribution in [0.1, 0.15) is 13.3 Å². The predicted octanol–water partition coefficient (Wildman–Crippen LogP) is 2.53. The molecular weight excluding hydrogens is 208 g/mol. The van der Waals surface area contributed by atoms with Gasteiger partial charge in [-0.05, 0) is 18.6 Å². The number of benzene rings is 1. The zero-order valence-electron chi connectivity index (χ0n) is 9.04. The van der Waals surface area contributed by atoms with E-state index >= 15 is 0 Å². The molecule has 1 aromatic carbocycles. The average molecular weight is 225 g/mol. The van der Waals surface area contributed by atoms with E-state index in [9.17, 15) is 0 Å². The molecule has 1 fully saturated rings. The van der Waals surface area contributed by atoms with Crippen LogP contribution in [0.2, 0.25) is 5.02 Å². The summed E-state index contributed by atoms with van der Waals surface area (Å²) in [5, 5.41) is 4.28. The van der Waals surface area contributed by atoms with Crippen molar-refractivity contribution in [3.05, 3.63) is 29.3 Å². The molecule has 1 aromatic rings. The molecule has 0 aromatic heterocycles. The van der Waals surface area contributed by atoms with E-state index in [1.807, 2.05) is 12.1 Å². The van der Waals surface area contributed by atoms with Crippen LogP contribution < -0.4 is 10.2 Å². The van der Waals surface area contributed by atoms with Gasteiger partial charge < -0.3 is 10.2 Å². The molecule has 1 unspecified atom stereocenters. The van der Waals surface area contributed by atoms with Gasteiger partial charge in [0.1, 0.15) is 0 Å². The lowest BCUT2D eigenvalue weighted by atomic mass is 10.1. The summed E-state index contributed by atoms with van der Waals surface area (Å²) in [6.45, 7) is 5.37. The lowest BCUT2D eigenvalue weighted by Gasteiger charge is -2.38. The van der Waals surface area contributed by atoms with Crippen LogP contribution in [-0.4, -0.2) is 25.7 Å². The summed E-state index contributed by atoms with van der Waals surface area (Å²) in [6, 6.07) is 8.67. The lowest BCUT2D eigenvalue weighted by Crippen LogP contribution is -2.51. The molecule has 1 heterocycles. The van der Waals surface area contributed by atoms with Gasteiger partial charge in [0.25, 0.3) is 0 Å². The maximum atomic E-state index is 6.22. The van der Waals surface area contributed by atoms with Gasteiger partial charge in [0.2, 0.25) is 0 Å². The molecule has 0 spiro atoms. The summed E-state index contributed by atoms with van der Waals surface area (Å²) in [6.07, 6.45) is 1.15. The number of hydrogen-bond donors (Lipinski definition) is 1. The normalized spacial score (nSPS) is 21.7. The first-order valence-electron chi connectivity index (χ1n) is 5.55. The number of nitrogens with one attached hydrogen (secondary N) is 1. The van der Waals surface area contributed by atoms with Crippen molar-refractivity contribution < 1.29 is 0 Å². The van der Waals surface area contributed by atoms with E-state index in [1.54, 1.807) is 0 Å². The minimum absolute atomic E-state index is 0.568. The van der Waals surface area contributed by atoms with Crippen LogP contribution in [0.3, 0.4) is 0 Å². The summed E-state index contributed by atoms with van der Waals surface area (Å²) in [5.74, 6) is 0. The summed E-state index contributed by atoms with van der Waals surface area (Å²) >= 11 is 6.22. The van der Waals surface area contributed by atoms with E-state index < -0.39 is 0 Å². The minimum atomic E-state index is 0.568. The van der Waals surface area contributed by atoms with Crippen LogP contribution in [0.25, 0.3) is 0 Å². The maximum absolute atomic E-state index is 6.22. The summed E-state index contributed by atoms with van der Waals surface area (Å²) in [7, 11) is 0. The van der Waals surface area contributed by atoms with E-state index in [2.05, 4.69) is 29.3 Å². The fourth-order valence-corrected chi connectivity index (χ4v) is 2.37. The minimum Gasteiger partial charge on any atom is -0.365 e. The van der Waals surface area contributed by atoms with Gasteiger partial charge in [0.05, 0.1) is 10.7 Å². The molecule has 0 aliphatic carbocycles. The molecule has 2 rings (SSSR count). The van der Waals surface area contributed by atoms with Crippen molar-refractivity contribution in [1.29, 1.82) is 0 Å². The van der Waals surface area contributed by atoms with Crippen LogP contribution in [0.15, 0.2) is 24.3 Å². The van der Waals surface area contributed by atoms with E-state index in [0.717, 1.165) is 31.1 Å². The topological polar surface area (TPSA) is 15.3 Å². The second-order valence-corrected chi connectivity index (χ2v) is 4.32. The molecule has 3 heteroatoms. The summed E-state index contributed by atoms with van der Waals surface area (Å²) < 4.78 is 0. The highest BCUT2D eigenvalue weighted by molar-refractivity contribution is 6.33. The largest absolute Gasteiger partial charge is 0.365 e. The zero-order valence-corrected chi connectivity index (χ0v) is 9.80. The maximum Gasteiger partial charge on any atom is 0.0639 e. The number of para-hydroxylation sites is 1. The molecule has 1 saturated heterocycles. The standard InChI is InChI=1S/C12H17ClN2/c1-2-10-9-14-7-8-15(10)12-6-4-3-5-11(12)13/h3-6,10,14H,2,7-9H2,1H3. The summed E-state index contributed by atoms with van der Waals surface area (Å²) in [4.78, 5) is 2.42. The highest BCUT2D eigenvalue weighted by atomic mass is 35.5. The molecule has 82 valence electrons. The fourth-order valence-electron chi connectivity index (χ4n) is 2.13. The lowest BCUT2D eigenvalue weighted by molar-refractivity contribution is 0.466. The Hall–Kier alpha value is -0.730. The Balaban J connectivity index is 2.24. The molecule has 1 aliphatic heterocycles. The Bertz CT molecular complexity index is 327. The van der Waals surface area contributed by atoms with Crippen molar-refractivity contribution in [3.8, 4) is 0 Å². The molecule has 2 nitrogen and oxygen atoms in total. The van der Waals surface area contributed by atoms with Crippen LogP contribution in [-0.2, 0) is 0 Å². The van der Waals surface area contributed by atoms with Crippen LogP contribution >= 0.6 is 11.6 Å². The van der Waals surface area contributed by atoms with Crippen LogP contribution in [0.4, 0.5) is 5.69 Å². The van der Waals surface area contributed by atoms with E-state index in [0.29, 0.717) is 6.04 Å². The number of hydrogen-bond acceptors (Lipinski definition) is 2. The molecular formula is C12H17ClN2. The van der Waals surface area contributed by atoms with Crippen molar-refractivity contribution in [2.75, 3.05) is 24.5 Å². The third-order valence-electron chi connectivity index (χ3n) is 2.98.